The van der Waals surface area contributed by atoms with E-state index in [2.05, 4.69) is 48.8 Å². The van der Waals surface area contributed by atoms with Gasteiger partial charge in [-0.25, -0.2) is 8.42 Å². The fourth-order valence-corrected chi connectivity index (χ4v) is 6.37. The summed E-state index contributed by atoms with van der Waals surface area (Å²) in [6.07, 6.45) is 2.31. The molecule has 0 aliphatic carbocycles. The zero-order valence-electron chi connectivity index (χ0n) is 15.2. The van der Waals surface area contributed by atoms with Crippen molar-refractivity contribution in [2.24, 2.45) is 0 Å². The second-order valence-electron chi connectivity index (χ2n) is 7.57. The van der Waals surface area contributed by atoms with Gasteiger partial charge in [0.15, 0.2) is 9.84 Å². The second-order valence-corrected chi connectivity index (χ2v) is 9.72. The molecule has 2 fully saturated rings. The molecule has 0 saturated carbocycles. The predicted molar refractivity (Wildman–Crippen MR) is 99.0 cm³/mol. The van der Waals surface area contributed by atoms with Crippen LogP contribution in [0.2, 0.25) is 0 Å². The Morgan fingerprint density at radius 1 is 1.00 bits per heavy atom. The lowest BCUT2D eigenvalue weighted by Crippen LogP contribution is -2.58. The molecule has 2 aliphatic rings. The molecule has 0 amide bonds. The molecule has 24 heavy (non-hydrogen) atoms. The highest BCUT2D eigenvalue weighted by atomic mass is 32.2. The molecule has 1 aromatic carbocycles. The summed E-state index contributed by atoms with van der Waals surface area (Å²) >= 11 is 0. The summed E-state index contributed by atoms with van der Waals surface area (Å²) in [6.45, 7) is 10.3. The molecule has 2 heterocycles. The zero-order valence-corrected chi connectivity index (χ0v) is 16.0. The van der Waals surface area contributed by atoms with E-state index in [4.69, 9.17) is 0 Å². The molecule has 3 rings (SSSR count). The number of unbranched alkanes of at least 4 members (excludes halogenated alkanes) is 1. The Hall–Kier alpha value is -0.910. The molecule has 0 spiro atoms. The Bertz CT molecular complexity index is 666. The summed E-state index contributed by atoms with van der Waals surface area (Å²) in [7, 11) is -2.91. The van der Waals surface area contributed by atoms with E-state index in [1.807, 2.05) is 0 Å². The molecule has 2 aliphatic heterocycles. The van der Waals surface area contributed by atoms with Crippen LogP contribution in [0.3, 0.4) is 0 Å². The maximum Gasteiger partial charge on any atom is 0.153 e. The summed E-state index contributed by atoms with van der Waals surface area (Å²) < 4.78 is 24.5. The van der Waals surface area contributed by atoms with E-state index in [0.717, 1.165) is 39.0 Å². The zero-order chi connectivity index (χ0) is 17.3. The van der Waals surface area contributed by atoms with Crippen LogP contribution in [0.5, 0.6) is 0 Å². The van der Waals surface area contributed by atoms with Crippen molar-refractivity contribution in [3.8, 4) is 0 Å². The van der Waals surface area contributed by atoms with Crippen molar-refractivity contribution in [2.75, 3.05) is 31.1 Å². The van der Waals surface area contributed by atoms with Crippen LogP contribution >= 0.6 is 0 Å². The first kappa shape index (κ1) is 17.9. The summed E-state index contributed by atoms with van der Waals surface area (Å²) in [5.41, 5.74) is 3.86. The molecule has 0 radical (unpaired) electrons. The average Bonchev–Trinajstić information content (AvgIpc) is 2.81. The number of rotatable bonds is 5. The van der Waals surface area contributed by atoms with Gasteiger partial charge in [0.1, 0.15) is 0 Å². The van der Waals surface area contributed by atoms with Crippen molar-refractivity contribution in [3.63, 3.8) is 0 Å². The van der Waals surface area contributed by atoms with Gasteiger partial charge in [-0.1, -0.05) is 42.7 Å². The number of aryl methyl sites for hydroxylation is 2. The third-order valence-corrected chi connectivity index (χ3v) is 7.07. The van der Waals surface area contributed by atoms with Gasteiger partial charge >= 0.3 is 0 Å². The second kappa shape index (κ2) is 7.14. The Balaban J connectivity index is 1.77. The Morgan fingerprint density at radius 2 is 1.58 bits per heavy atom. The highest BCUT2D eigenvalue weighted by molar-refractivity contribution is 7.91. The van der Waals surface area contributed by atoms with Crippen LogP contribution in [0.4, 0.5) is 0 Å². The van der Waals surface area contributed by atoms with Crippen LogP contribution in [-0.2, 0) is 16.4 Å². The van der Waals surface area contributed by atoms with Crippen LogP contribution in [0, 0.1) is 13.8 Å². The number of piperazine rings is 1. The molecule has 0 aromatic heterocycles. The van der Waals surface area contributed by atoms with Gasteiger partial charge in [0.05, 0.1) is 11.5 Å². The van der Waals surface area contributed by atoms with Crippen molar-refractivity contribution < 1.29 is 8.42 Å². The fourth-order valence-electron chi connectivity index (χ4n) is 4.33. The first-order valence-electron chi connectivity index (χ1n) is 9.13. The third kappa shape index (κ3) is 4.01. The SMILES string of the molecule is CCCCN1CCN(Cc2cc(C)cc(C)c2)[C@H]2CS(=O)(=O)C[C@H]21. The summed E-state index contributed by atoms with van der Waals surface area (Å²) in [5.74, 6) is 0.663. The van der Waals surface area contributed by atoms with Crippen LogP contribution in [0.25, 0.3) is 0 Å². The fraction of sp³-hybridized carbons (Fsp3) is 0.684. The lowest BCUT2D eigenvalue weighted by atomic mass is 10.0. The van der Waals surface area contributed by atoms with E-state index in [1.165, 1.54) is 16.7 Å². The number of hydrogen-bond donors (Lipinski definition) is 0. The molecule has 0 unspecified atom stereocenters. The van der Waals surface area contributed by atoms with E-state index in [0.29, 0.717) is 11.5 Å². The van der Waals surface area contributed by atoms with Crippen molar-refractivity contribution in [1.82, 2.24) is 9.80 Å². The maximum atomic E-state index is 12.3. The van der Waals surface area contributed by atoms with Crippen LogP contribution < -0.4 is 0 Å². The summed E-state index contributed by atoms with van der Waals surface area (Å²) in [4.78, 5) is 4.84. The Kier molecular flexibility index (Phi) is 5.33. The van der Waals surface area contributed by atoms with Gasteiger partial charge in [0.25, 0.3) is 0 Å². The predicted octanol–water partition coefficient (Wildman–Crippen LogP) is 2.39. The van der Waals surface area contributed by atoms with Crippen molar-refractivity contribution in [1.29, 1.82) is 0 Å². The molecule has 2 atom stereocenters. The van der Waals surface area contributed by atoms with Gasteiger partial charge < -0.3 is 0 Å². The lowest BCUT2D eigenvalue weighted by Gasteiger charge is -2.44. The number of benzene rings is 1. The van der Waals surface area contributed by atoms with E-state index in [-0.39, 0.29) is 12.1 Å². The van der Waals surface area contributed by atoms with E-state index >= 15 is 0 Å². The van der Waals surface area contributed by atoms with Crippen LogP contribution in [0.15, 0.2) is 18.2 Å². The van der Waals surface area contributed by atoms with Crippen molar-refractivity contribution in [2.45, 2.75) is 52.2 Å². The van der Waals surface area contributed by atoms with Gasteiger partial charge in [-0.3, -0.25) is 9.80 Å². The number of sulfone groups is 1. The number of fused-ring (bicyclic) bond motifs is 1. The molecule has 0 bridgehead atoms. The summed E-state index contributed by atoms with van der Waals surface area (Å²) in [6, 6.07) is 6.99. The molecular formula is C19H30N2O2S. The normalized spacial score (nSPS) is 27.3. The van der Waals surface area contributed by atoms with E-state index < -0.39 is 9.84 Å². The highest BCUT2D eigenvalue weighted by Gasteiger charge is 2.46. The van der Waals surface area contributed by atoms with E-state index in [1.54, 1.807) is 0 Å². The number of nitrogens with zero attached hydrogens (tertiary/aromatic N) is 2. The molecule has 1 aromatic rings. The highest BCUT2D eigenvalue weighted by Crippen LogP contribution is 2.28. The van der Waals surface area contributed by atoms with Crippen LogP contribution in [0.1, 0.15) is 36.5 Å². The first-order chi connectivity index (χ1) is 11.4. The monoisotopic (exact) mass is 350 g/mol. The topological polar surface area (TPSA) is 40.6 Å². The van der Waals surface area contributed by atoms with E-state index in [9.17, 15) is 8.42 Å². The largest absolute Gasteiger partial charge is 0.297 e. The maximum absolute atomic E-state index is 12.3. The minimum absolute atomic E-state index is 0.154. The molecule has 5 heteroatoms. The molecule has 134 valence electrons. The lowest BCUT2D eigenvalue weighted by molar-refractivity contribution is 0.0397. The van der Waals surface area contributed by atoms with Gasteiger partial charge in [-0.05, 0) is 32.4 Å². The first-order valence-corrected chi connectivity index (χ1v) is 11.0. The third-order valence-electron chi connectivity index (χ3n) is 5.37. The standard InChI is InChI=1S/C19H30N2O2S/c1-4-5-6-20-7-8-21(19-14-24(22,23)13-18(19)20)12-17-10-15(2)9-16(3)11-17/h9-11,18-19H,4-8,12-14H2,1-3H3/t18-,19+/m1/s1. The van der Waals surface area contributed by atoms with Gasteiger partial charge in [0.2, 0.25) is 0 Å². The average molecular weight is 351 g/mol. The quantitative estimate of drug-likeness (QED) is 0.818. The van der Waals surface area contributed by atoms with Crippen molar-refractivity contribution in [3.05, 3.63) is 34.9 Å². The smallest absolute Gasteiger partial charge is 0.153 e. The summed E-state index contributed by atoms with van der Waals surface area (Å²) in [5, 5.41) is 0. The molecule has 2 saturated heterocycles. The van der Waals surface area contributed by atoms with Gasteiger partial charge in [0, 0.05) is 31.7 Å². The number of hydrogen-bond acceptors (Lipinski definition) is 4. The molecule has 0 N–H and O–H groups in total. The Labute approximate surface area is 146 Å². The van der Waals surface area contributed by atoms with Gasteiger partial charge in [-0.15, -0.1) is 0 Å². The van der Waals surface area contributed by atoms with Crippen molar-refractivity contribution >= 4 is 9.84 Å². The van der Waals surface area contributed by atoms with Gasteiger partial charge in [-0.2, -0.15) is 0 Å². The van der Waals surface area contributed by atoms with Crippen LogP contribution in [-0.4, -0.2) is 61.4 Å². The minimum Gasteiger partial charge on any atom is -0.297 e. The minimum atomic E-state index is -2.91. The molecular weight excluding hydrogens is 320 g/mol. The Morgan fingerprint density at radius 3 is 2.21 bits per heavy atom. The molecule has 4 nitrogen and oxygen atoms in total.